The van der Waals surface area contributed by atoms with Crippen LogP contribution in [0.25, 0.3) is 0 Å². The number of ether oxygens (including phenoxy) is 1. The van der Waals surface area contributed by atoms with Gasteiger partial charge in [-0.2, -0.15) is 0 Å². The van der Waals surface area contributed by atoms with Crippen molar-refractivity contribution in [3.63, 3.8) is 0 Å². The lowest BCUT2D eigenvalue weighted by Gasteiger charge is -2.10. The van der Waals surface area contributed by atoms with Gasteiger partial charge in [0.2, 0.25) is 0 Å². The molecule has 1 aromatic heterocycles. The maximum atomic E-state index is 11.7. The van der Waals surface area contributed by atoms with Gasteiger partial charge in [-0.05, 0) is 36.8 Å². The van der Waals surface area contributed by atoms with Crippen molar-refractivity contribution in [2.75, 3.05) is 13.2 Å². The first-order valence-electron chi connectivity index (χ1n) is 5.21. The van der Waals surface area contributed by atoms with E-state index in [1.165, 1.54) is 11.3 Å². The van der Waals surface area contributed by atoms with Crippen molar-refractivity contribution >= 4 is 17.2 Å². The fourth-order valence-corrected chi connectivity index (χ4v) is 2.54. The van der Waals surface area contributed by atoms with Gasteiger partial charge >= 0.3 is 0 Å². The van der Waals surface area contributed by atoms with Crippen LogP contribution in [0.3, 0.4) is 0 Å². The molecule has 1 amide bonds. The van der Waals surface area contributed by atoms with Crippen molar-refractivity contribution in [3.05, 3.63) is 21.9 Å². The normalized spacial score (nSPS) is 20.5. The molecule has 1 fully saturated rings. The van der Waals surface area contributed by atoms with E-state index in [1.807, 2.05) is 18.4 Å². The molecule has 3 nitrogen and oxygen atoms in total. The van der Waals surface area contributed by atoms with Crippen LogP contribution in [-0.2, 0) is 4.74 Å². The highest BCUT2D eigenvalue weighted by atomic mass is 32.1. The molecule has 0 bridgehead atoms. The molecular weight excluding hydrogens is 210 g/mol. The summed E-state index contributed by atoms with van der Waals surface area (Å²) in [6.07, 6.45) is 2.39. The van der Waals surface area contributed by atoms with Crippen LogP contribution in [0, 0.1) is 6.92 Å². The molecule has 0 aliphatic carbocycles. The Kier molecular flexibility index (Phi) is 3.38. The van der Waals surface area contributed by atoms with Crippen LogP contribution in [0.4, 0.5) is 0 Å². The minimum absolute atomic E-state index is 0.0259. The zero-order chi connectivity index (χ0) is 10.7. The molecule has 1 aliphatic heterocycles. The minimum Gasteiger partial charge on any atom is -0.376 e. The number of hydrogen-bond acceptors (Lipinski definition) is 3. The first kappa shape index (κ1) is 10.6. The topological polar surface area (TPSA) is 38.3 Å². The Labute approximate surface area is 93.4 Å². The van der Waals surface area contributed by atoms with Gasteiger partial charge < -0.3 is 10.1 Å². The van der Waals surface area contributed by atoms with Crippen molar-refractivity contribution in [1.29, 1.82) is 0 Å². The number of aryl methyl sites for hydroxylation is 1. The number of rotatable bonds is 3. The van der Waals surface area contributed by atoms with Gasteiger partial charge in [0.1, 0.15) is 0 Å². The molecule has 1 N–H and O–H groups in total. The van der Waals surface area contributed by atoms with E-state index in [4.69, 9.17) is 4.74 Å². The summed E-state index contributed by atoms with van der Waals surface area (Å²) in [5.74, 6) is 0.0259. The van der Waals surface area contributed by atoms with E-state index < -0.39 is 0 Å². The maximum absolute atomic E-state index is 11.7. The largest absolute Gasteiger partial charge is 0.376 e. The summed E-state index contributed by atoms with van der Waals surface area (Å²) in [6, 6.07) is 1.96. The predicted octanol–water partition coefficient (Wildman–Crippen LogP) is 1.97. The van der Waals surface area contributed by atoms with Gasteiger partial charge in [0.05, 0.1) is 11.0 Å². The summed E-state index contributed by atoms with van der Waals surface area (Å²) in [5.41, 5.74) is 1.05. The summed E-state index contributed by atoms with van der Waals surface area (Å²) in [5, 5.41) is 4.86. The van der Waals surface area contributed by atoms with E-state index in [0.29, 0.717) is 6.54 Å². The summed E-state index contributed by atoms with van der Waals surface area (Å²) < 4.78 is 5.44. The first-order valence-corrected chi connectivity index (χ1v) is 6.09. The second kappa shape index (κ2) is 4.77. The second-order valence-electron chi connectivity index (χ2n) is 3.78. The zero-order valence-corrected chi connectivity index (χ0v) is 9.60. The summed E-state index contributed by atoms with van der Waals surface area (Å²) in [7, 11) is 0. The quantitative estimate of drug-likeness (QED) is 0.854. The number of hydrogen-bond donors (Lipinski definition) is 1. The Morgan fingerprint density at radius 2 is 2.60 bits per heavy atom. The summed E-state index contributed by atoms with van der Waals surface area (Å²) in [4.78, 5) is 12.5. The van der Waals surface area contributed by atoms with E-state index in [1.54, 1.807) is 0 Å². The van der Waals surface area contributed by atoms with Crippen LogP contribution in [0.2, 0.25) is 0 Å². The first-order chi connectivity index (χ1) is 7.27. The van der Waals surface area contributed by atoms with E-state index >= 15 is 0 Å². The number of carbonyl (C=O) groups excluding carboxylic acids is 1. The Bertz CT molecular complexity index is 342. The molecule has 0 spiro atoms. The molecule has 1 atom stereocenters. The highest BCUT2D eigenvalue weighted by Gasteiger charge is 2.17. The monoisotopic (exact) mass is 225 g/mol. The Morgan fingerprint density at radius 1 is 1.73 bits per heavy atom. The van der Waals surface area contributed by atoms with E-state index in [9.17, 15) is 4.79 Å². The molecule has 0 radical (unpaired) electrons. The standard InChI is InChI=1S/C11H15NO2S/c1-8-4-6-15-10(8)11(13)12-7-9-3-2-5-14-9/h4,6,9H,2-3,5,7H2,1H3,(H,12,13)/t9-/m0/s1. The minimum atomic E-state index is 0.0259. The molecular formula is C11H15NO2S. The molecule has 2 heterocycles. The molecule has 2 rings (SSSR count). The van der Waals surface area contributed by atoms with Gasteiger partial charge in [-0.1, -0.05) is 0 Å². The third-order valence-corrected chi connectivity index (χ3v) is 3.60. The molecule has 1 saturated heterocycles. The molecule has 15 heavy (non-hydrogen) atoms. The van der Waals surface area contributed by atoms with E-state index in [0.717, 1.165) is 29.9 Å². The van der Waals surface area contributed by atoms with Crippen molar-refractivity contribution in [1.82, 2.24) is 5.32 Å². The number of carbonyl (C=O) groups is 1. The molecule has 0 saturated carbocycles. The van der Waals surface area contributed by atoms with Gasteiger partial charge in [0.15, 0.2) is 0 Å². The maximum Gasteiger partial charge on any atom is 0.261 e. The van der Waals surface area contributed by atoms with Crippen molar-refractivity contribution < 1.29 is 9.53 Å². The van der Waals surface area contributed by atoms with Crippen LogP contribution < -0.4 is 5.32 Å². The zero-order valence-electron chi connectivity index (χ0n) is 8.79. The third-order valence-electron chi connectivity index (χ3n) is 2.58. The van der Waals surface area contributed by atoms with Gasteiger partial charge in [0.25, 0.3) is 5.91 Å². The van der Waals surface area contributed by atoms with Crippen molar-refractivity contribution in [2.24, 2.45) is 0 Å². The predicted molar refractivity (Wildman–Crippen MR) is 60.4 cm³/mol. The van der Waals surface area contributed by atoms with E-state index in [2.05, 4.69) is 5.32 Å². The number of thiophene rings is 1. The lowest BCUT2D eigenvalue weighted by molar-refractivity contribution is 0.0860. The highest BCUT2D eigenvalue weighted by Crippen LogP contribution is 2.16. The molecule has 0 unspecified atom stereocenters. The highest BCUT2D eigenvalue weighted by molar-refractivity contribution is 7.12. The van der Waals surface area contributed by atoms with Gasteiger partial charge in [-0.25, -0.2) is 0 Å². The fourth-order valence-electron chi connectivity index (χ4n) is 1.70. The van der Waals surface area contributed by atoms with Crippen molar-refractivity contribution in [3.8, 4) is 0 Å². The van der Waals surface area contributed by atoms with Crippen molar-refractivity contribution in [2.45, 2.75) is 25.9 Å². The van der Waals surface area contributed by atoms with Gasteiger partial charge in [-0.3, -0.25) is 4.79 Å². The molecule has 4 heteroatoms. The smallest absolute Gasteiger partial charge is 0.261 e. The third kappa shape index (κ3) is 2.58. The van der Waals surface area contributed by atoms with Gasteiger partial charge in [-0.15, -0.1) is 11.3 Å². The number of amides is 1. The van der Waals surface area contributed by atoms with Crippen LogP contribution >= 0.6 is 11.3 Å². The van der Waals surface area contributed by atoms with Crippen LogP contribution in [-0.4, -0.2) is 25.2 Å². The second-order valence-corrected chi connectivity index (χ2v) is 4.69. The van der Waals surface area contributed by atoms with Crippen LogP contribution in [0.15, 0.2) is 11.4 Å². The van der Waals surface area contributed by atoms with Crippen LogP contribution in [0.5, 0.6) is 0 Å². The fraction of sp³-hybridized carbons (Fsp3) is 0.545. The number of nitrogens with one attached hydrogen (secondary N) is 1. The molecule has 1 aromatic rings. The van der Waals surface area contributed by atoms with E-state index in [-0.39, 0.29) is 12.0 Å². The average molecular weight is 225 g/mol. The lowest BCUT2D eigenvalue weighted by Crippen LogP contribution is -2.31. The SMILES string of the molecule is Cc1ccsc1C(=O)NC[C@@H]1CCCO1. The van der Waals surface area contributed by atoms with Crippen LogP contribution in [0.1, 0.15) is 28.1 Å². The summed E-state index contributed by atoms with van der Waals surface area (Å²) >= 11 is 1.49. The molecule has 1 aliphatic rings. The average Bonchev–Trinajstić information content (AvgIpc) is 2.84. The Balaban J connectivity index is 1.84. The summed E-state index contributed by atoms with van der Waals surface area (Å²) in [6.45, 7) is 3.42. The Hall–Kier alpha value is -0.870. The molecule has 82 valence electrons. The lowest BCUT2D eigenvalue weighted by atomic mass is 10.2. The van der Waals surface area contributed by atoms with Gasteiger partial charge in [0, 0.05) is 13.2 Å². The Morgan fingerprint density at radius 3 is 3.20 bits per heavy atom. The molecule has 0 aromatic carbocycles.